The lowest BCUT2D eigenvalue weighted by Crippen LogP contribution is -2.34. The summed E-state index contributed by atoms with van der Waals surface area (Å²) < 4.78 is 48.2. The second kappa shape index (κ2) is 12.1. The number of ether oxygens (including phenoxy) is 3. The van der Waals surface area contributed by atoms with Gasteiger partial charge in [-0.15, -0.1) is 10.2 Å². The van der Waals surface area contributed by atoms with E-state index in [1.54, 1.807) is 36.8 Å². The van der Waals surface area contributed by atoms with E-state index in [0.717, 1.165) is 5.56 Å². The molecule has 15 heteroatoms. The monoisotopic (exact) mass is 555 g/mol. The Labute approximate surface area is 225 Å². The summed E-state index contributed by atoms with van der Waals surface area (Å²) in [6, 6.07) is 5.21. The Morgan fingerprint density at radius 1 is 1.00 bits per heavy atom. The fourth-order valence-corrected chi connectivity index (χ4v) is 4.76. The SMILES string of the molecule is CCCO[C@@H](c1ncc(C)cn1)[C@H](C)S(=O)(=O)Nc1nnc(-c2ccccn2)n1-c1c(OC)ncnc1OC. The summed E-state index contributed by atoms with van der Waals surface area (Å²) in [6.07, 6.45) is 5.79. The van der Waals surface area contributed by atoms with E-state index in [1.807, 2.05) is 13.8 Å². The zero-order valence-electron chi connectivity index (χ0n) is 22.1. The van der Waals surface area contributed by atoms with Crippen molar-refractivity contribution in [3.63, 3.8) is 0 Å². The van der Waals surface area contributed by atoms with E-state index in [2.05, 4.69) is 39.8 Å². The van der Waals surface area contributed by atoms with Crippen LogP contribution in [0.25, 0.3) is 17.2 Å². The van der Waals surface area contributed by atoms with Gasteiger partial charge in [-0.1, -0.05) is 13.0 Å². The van der Waals surface area contributed by atoms with Gasteiger partial charge in [-0.25, -0.2) is 23.0 Å². The van der Waals surface area contributed by atoms with E-state index in [9.17, 15) is 8.42 Å². The molecule has 0 radical (unpaired) electrons. The Hall–Kier alpha value is -4.24. The van der Waals surface area contributed by atoms with Gasteiger partial charge >= 0.3 is 0 Å². The van der Waals surface area contributed by atoms with Gasteiger partial charge in [0.05, 0.1) is 14.2 Å². The number of methoxy groups -OCH3 is 2. The van der Waals surface area contributed by atoms with Crippen molar-refractivity contribution in [2.45, 2.75) is 38.5 Å². The molecular weight excluding hydrogens is 526 g/mol. The standard InChI is InChI=1S/C24H29N9O5S/c1-6-11-38-19(20-26-12-15(2)13-27-20)16(3)39(34,35)32-24-31-30-21(17-9-7-8-10-25-17)33(24)18-22(36-4)28-14-29-23(18)37-5/h7-10,12-14,16,19H,6,11H2,1-5H3,(H,31,32)/t16-,19+/m0/s1. The minimum absolute atomic E-state index is 0.101. The number of rotatable bonds is 12. The van der Waals surface area contributed by atoms with E-state index in [0.29, 0.717) is 18.7 Å². The van der Waals surface area contributed by atoms with Gasteiger partial charge < -0.3 is 14.2 Å². The number of hydrogen-bond acceptors (Lipinski definition) is 12. The molecule has 1 N–H and O–H groups in total. The maximum atomic E-state index is 13.7. The van der Waals surface area contributed by atoms with Crippen molar-refractivity contribution in [3.05, 3.63) is 54.5 Å². The lowest BCUT2D eigenvalue weighted by molar-refractivity contribution is 0.0466. The van der Waals surface area contributed by atoms with Crippen LogP contribution in [0.4, 0.5) is 5.95 Å². The third-order valence-electron chi connectivity index (χ3n) is 5.63. The van der Waals surface area contributed by atoms with Gasteiger partial charge in [0.15, 0.2) is 17.3 Å². The molecule has 4 rings (SSSR count). The van der Waals surface area contributed by atoms with Crippen LogP contribution in [-0.2, 0) is 14.8 Å². The number of hydrogen-bond donors (Lipinski definition) is 1. The van der Waals surface area contributed by atoms with Crippen LogP contribution in [0, 0.1) is 6.92 Å². The molecule has 0 fully saturated rings. The number of aromatic nitrogens is 8. The van der Waals surface area contributed by atoms with Crippen LogP contribution in [-0.4, -0.2) is 74.2 Å². The molecule has 0 saturated carbocycles. The van der Waals surface area contributed by atoms with Gasteiger partial charge in [0.25, 0.3) is 0 Å². The maximum absolute atomic E-state index is 13.7. The number of anilines is 1. The van der Waals surface area contributed by atoms with Gasteiger partial charge in [-0.2, -0.15) is 9.97 Å². The first-order valence-corrected chi connectivity index (χ1v) is 13.6. The Kier molecular flexibility index (Phi) is 8.61. The molecule has 0 bridgehead atoms. The largest absolute Gasteiger partial charge is 0.479 e. The molecule has 0 aliphatic carbocycles. The van der Waals surface area contributed by atoms with Gasteiger partial charge in [-0.05, 0) is 38.0 Å². The molecule has 0 aliphatic rings. The third kappa shape index (κ3) is 5.93. The average molecular weight is 556 g/mol. The Bertz CT molecular complexity index is 1480. The van der Waals surface area contributed by atoms with Crippen LogP contribution in [0.1, 0.15) is 37.8 Å². The second-order valence-electron chi connectivity index (χ2n) is 8.40. The second-order valence-corrected chi connectivity index (χ2v) is 10.4. The molecule has 2 atom stereocenters. The van der Waals surface area contributed by atoms with Gasteiger partial charge in [0.2, 0.25) is 27.7 Å². The molecule has 0 amide bonds. The number of pyridine rings is 1. The zero-order valence-corrected chi connectivity index (χ0v) is 23.0. The van der Waals surface area contributed by atoms with E-state index in [1.165, 1.54) is 32.0 Å². The summed E-state index contributed by atoms with van der Waals surface area (Å²) in [5, 5.41) is 7.24. The molecule has 0 aromatic carbocycles. The van der Waals surface area contributed by atoms with Crippen molar-refractivity contribution in [2.75, 3.05) is 25.5 Å². The number of nitrogens with one attached hydrogen (secondary N) is 1. The molecule has 206 valence electrons. The number of sulfonamides is 1. The molecule has 0 unspecified atom stereocenters. The molecule has 14 nitrogen and oxygen atoms in total. The van der Waals surface area contributed by atoms with Crippen molar-refractivity contribution < 1.29 is 22.6 Å². The van der Waals surface area contributed by atoms with E-state index >= 15 is 0 Å². The molecule has 0 saturated heterocycles. The van der Waals surface area contributed by atoms with E-state index < -0.39 is 21.4 Å². The smallest absolute Gasteiger partial charge is 0.245 e. The summed E-state index contributed by atoms with van der Waals surface area (Å²) in [5.74, 6) is 0.498. The van der Waals surface area contributed by atoms with Gasteiger partial charge in [0.1, 0.15) is 23.4 Å². The van der Waals surface area contributed by atoms with Crippen LogP contribution in [0.15, 0.2) is 43.1 Å². The minimum Gasteiger partial charge on any atom is -0.479 e. The predicted molar refractivity (Wildman–Crippen MR) is 141 cm³/mol. The molecule has 0 spiro atoms. The number of nitrogens with zero attached hydrogens (tertiary/aromatic N) is 8. The third-order valence-corrected chi connectivity index (χ3v) is 7.32. The molecule has 4 aromatic rings. The molecular formula is C24H29N9O5S. The zero-order chi connectivity index (χ0) is 28.0. The van der Waals surface area contributed by atoms with Crippen molar-refractivity contribution >= 4 is 16.0 Å². The van der Waals surface area contributed by atoms with E-state index in [-0.39, 0.29) is 35.0 Å². The van der Waals surface area contributed by atoms with Crippen LogP contribution in [0.3, 0.4) is 0 Å². The maximum Gasteiger partial charge on any atom is 0.245 e. The summed E-state index contributed by atoms with van der Waals surface area (Å²) >= 11 is 0. The summed E-state index contributed by atoms with van der Waals surface area (Å²) in [6.45, 7) is 5.60. The normalized spacial score (nSPS) is 13.1. The fraction of sp³-hybridized carbons (Fsp3) is 0.375. The molecule has 4 aromatic heterocycles. The van der Waals surface area contributed by atoms with Crippen molar-refractivity contribution in [1.82, 2.24) is 39.7 Å². The topological polar surface area (TPSA) is 169 Å². The average Bonchev–Trinajstić information content (AvgIpc) is 3.36. The summed E-state index contributed by atoms with van der Waals surface area (Å²) in [4.78, 5) is 21.3. The van der Waals surface area contributed by atoms with E-state index in [4.69, 9.17) is 14.2 Å². The van der Waals surface area contributed by atoms with Gasteiger partial charge in [0, 0.05) is 25.2 Å². The molecule has 0 aliphatic heterocycles. The van der Waals surface area contributed by atoms with Crippen molar-refractivity contribution in [1.29, 1.82) is 0 Å². The summed E-state index contributed by atoms with van der Waals surface area (Å²) in [7, 11) is -1.33. The molecule has 4 heterocycles. The lowest BCUT2D eigenvalue weighted by Gasteiger charge is -2.24. The van der Waals surface area contributed by atoms with Crippen LogP contribution < -0.4 is 14.2 Å². The van der Waals surface area contributed by atoms with Crippen molar-refractivity contribution in [3.8, 4) is 29.0 Å². The van der Waals surface area contributed by atoms with Crippen molar-refractivity contribution in [2.24, 2.45) is 0 Å². The number of aryl methyl sites for hydroxylation is 1. The van der Waals surface area contributed by atoms with Crippen LogP contribution in [0.5, 0.6) is 11.8 Å². The highest BCUT2D eigenvalue weighted by atomic mass is 32.2. The molecule has 39 heavy (non-hydrogen) atoms. The van der Waals surface area contributed by atoms with Gasteiger partial charge in [-0.3, -0.25) is 9.71 Å². The first-order chi connectivity index (χ1) is 18.8. The van der Waals surface area contributed by atoms with Crippen LogP contribution in [0.2, 0.25) is 0 Å². The Balaban J connectivity index is 1.82. The fourth-order valence-electron chi connectivity index (χ4n) is 3.66. The highest BCUT2D eigenvalue weighted by Crippen LogP contribution is 2.35. The van der Waals surface area contributed by atoms with Crippen LogP contribution >= 0.6 is 0 Å². The Morgan fingerprint density at radius 3 is 2.28 bits per heavy atom. The minimum atomic E-state index is -4.16. The Morgan fingerprint density at radius 2 is 1.69 bits per heavy atom. The first-order valence-electron chi connectivity index (χ1n) is 12.0. The highest BCUT2D eigenvalue weighted by Gasteiger charge is 2.36. The summed E-state index contributed by atoms with van der Waals surface area (Å²) in [5.41, 5.74) is 1.43. The lowest BCUT2D eigenvalue weighted by atomic mass is 10.2. The quantitative estimate of drug-likeness (QED) is 0.271. The predicted octanol–water partition coefficient (Wildman–Crippen LogP) is 2.53. The highest BCUT2D eigenvalue weighted by molar-refractivity contribution is 7.93. The first kappa shape index (κ1) is 27.8.